The van der Waals surface area contributed by atoms with Crippen molar-refractivity contribution in [2.75, 3.05) is 46.5 Å². The summed E-state index contributed by atoms with van der Waals surface area (Å²) in [6.07, 6.45) is 0. The van der Waals surface area contributed by atoms with E-state index < -0.39 is 23.5 Å². The first kappa shape index (κ1) is 22.0. The van der Waals surface area contributed by atoms with Crippen molar-refractivity contribution in [2.24, 2.45) is 0 Å². The standard InChI is InChI=1S/C24H25FN2O5/c1-31-19-8-4-16(5-9-19)21-20(22(28)17-2-6-18(25)7-3-17)23(29)24(30)27(21)11-10-26-12-14-32-15-13-26/h2-9,21,28H,10-15H2,1H3/p+1. The maximum Gasteiger partial charge on any atom is 0.295 e. The molecule has 0 aliphatic carbocycles. The number of nitrogens with one attached hydrogen (secondary N) is 1. The van der Waals surface area contributed by atoms with Gasteiger partial charge < -0.3 is 24.4 Å². The lowest BCUT2D eigenvalue weighted by molar-refractivity contribution is -0.907. The van der Waals surface area contributed by atoms with Gasteiger partial charge in [-0.1, -0.05) is 12.1 Å². The number of benzene rings is 2. The predicted octanol–water partition coefficient (Wildman–Crippen LogP) is 1.17. The lowest BCUT2D eigenvalue weighted by Gasteiger charge is -2.29. The molecule has 0 aromatic heterocycles. The molecule has 2 aliphatic rings. The normalized spacial score (nSPS) is 21.2. The van der Waals surface area contributed by atoms with Crippen LogP contribution in [0.3, 0.4) is 0 Å². The molecule has 1 atom stereocenters. The van der Waals surface area contributed by atoms with Crippen LogP contribution in [0.15, 0.2) is 54.1 Å². The van der Waals surface area contributed by atoms with E-state index in [4.69, 9.17) is 9.47 Å². The van der Waals surface area contributed by atoms with E-state index in [0.717, 1.165) is 13.1 Å². The number of quaternary nitrogens is 1. The minimum atomic E-state index is -0.746. The molecule has 2 fully saturated rings. The first-order chi connectivity index (χ1) is 15.5. The molecular weight excluding hydrogens is 415 g/mol. The molecule has 0 saturated carbocycles. The number of rotatable bonds is 6. The summed E-state index contributed by atoms with van der Waals surface area (Å²) in [5, 5.41) is 11.0. The van der Waals surface area contributed by atoms with E-state index in [1.807, 2.05) is 0 Å². The smallest absolute Gasteiger partial charge is 0.295 e. The molecular formula is C24H26FN2O5+. The van der Waals surface area contributed by atoms with E-state index in [-0.39, 0.29) is 16.9 Å². The maximum atomic E-state index is 13.4. The van der Waals surface area contributed by atoms with Gasteiger partial charge in [-0.05, 0) is 42.0 Å². The van der Waals surface area contributed by atoms with E-state index in [1.54, 1.807) is 31.4 Å². The Kier molecular flexibility index (Phi) is 6.53. The van der Waals surface area contributed by atoms with Crippen molar-refractivity contribution in [1.29, 1.82) is 0 Å². The number of hydrogen-bond donors (Lipinski definition) is 2. The highest BCUT2D eigenvalue weighted by molar-refractivity contribution is 6.46. The summed E-state index contributed by atoms with van der Waals surface area (Å²) in [6, 6.07) is 11.5. The number of amides is 1. The van der Waals surface area contributed by atoms with Crippen LogP contribution in [0.25, 0.3) is 5.76 Å². The SMILES string of the molecule is COc1ccc(C2C(=C(O)c3ccc(F)cc3)C(=O)C(=O)N2CC[NH+]2CCOCC2)cc1. The molecule has 32 heavy (non-hydrogen) atoms. The van der Waals surface area contributed by atoms with Crippen molar-refractivity contribution in [3.8, 4) is 5.75 Å². The molecule has 2 aromatic carbocycles. The lowest BCUT2D eigenvalue weighted by atomic mass is 9.95. The van der Waals surface area contributed by atoms with Gasteiger partial charge in [-0.3, -0.25) is 9.59 Å². The van der Waals surface area contributed by atoms with Gasteiger partial charge in [0.2, 0.25) is 0 Å². The van der Waals surface area contributed by atoms with Crippen LogP contribution in [-0.2, 0) is 14.3 Å². The Balaban J connectivity index is 1.72. The van der Waals surface area contributed by atoms with Gasteiger partial charge in [0.05, 0.1) is 45.0 Å². The second kappa shape index (κ2) is 9.50. The van der Waals surface area contributed by atoms with Crippen LogP contribution in [0, 0.1) is 5.82 Å². The fourth-order valence-corrected chi connectivity index (χ4v) is 4.20. The van der Waals surface area contributed by atoms with Crippen LogP contribution in [0.4, 0.5) is 4.39 Å². The van der Waals surface area contributed by atoms with Gasteiger partial charge in [-0.15, -0.1) is 0 Å². The Morgan fingerprint density at radius 1 is 1.12 bits per heavy atom. The number of likely N-dealkylation sites (tertiary alicyclic amines) is 1. The Morgan fingerprint density at radius 3 is 2.41 bits per heavy atom. The molecule has 8 heteroatoms. The van der Waals surface area contributed by atoms with Crippen molar-refractivity contribution in [3.05, 3.63) is 71.0 Å². The van der Waals surface area contributed by atoms with Crippen molar-refractivity contribution in [3.63, 3.8) is 0 Å². The van der Waals surface area contributed by atoms with Gasteiger partial charge in [0.1, 0.15) is 30.4 Å². The van der Waals surface area contributed by atoms with Crippen LogP contribution in [0.2, 0.25) is 0 Å². The highest BCUT2D eigenvalue weighted by Gasteiger charge is 2.46. The van der Waals surface area contributed by atoms with E-state index in [1.165, 1.54) is 34.1 Å². The lowest BCUT2D eigenvalue weighted by Crippen LogP contribution is -3.14. The number of carbonyl (C=O) groups excluding carboxylic acids is 2. The number of Topliss-reactive ketones (excluding diaryl/α,β-unsaturated/α-hetero) is 1. The molecule has 1 unspecified atom stereocenters. The third-order valence-electron chi connectivity index (χ3n) is 6.00. The van der Waals surface area contributed by atoms with Crippen molar-refractivity contribution in [1.82, 2.24) is 4.90 Å². The minimum absolute atomic E-state index is 0.00347. The summed E-state index contributed by atoms with van der Waals surface area (Å²) in [4.78, 5) is 28.8. The molecule has 2 aliphatic heterocycles. The summed E-state index contributed by atoms with van der Waals surface area (Å²) in [7, 11) is 1.56. The fraction of sp³-hybridized carbons (Fsp3) is 0.333. The van der Waals surface area contributed by atoms with Crippen LogP contribution >= 0.6 is 0 Å². The topological polar surface area (TPSA) is 80.5 Å². The number of nitrogens with zero attached hydrogens (tertiary/aromatic N) is 1. The van der Waals surface area contributed by atoms with Crippen LogP contribution in [0.5, 0.6) is 5.75 Å². The van der Waals surface area contributed by atoms with E-state index >= 15 is 0 Å². The summed E-state index contributed by atoms with van der Waals surface area (Å²) >= 11 is 0. The fourth-order valence-electron chi connectivity index (χ4n) is 4.20. The molecule has 2 aromatic rings. The Hall–Kier alpha value is -3.23. The number of carbonyl (C=O) groups is 2. The van der Waals surface area contributed by atoms with Gasteiger partial charge in [0.25, 0.3) is 11.7 Å². The number of ketones is 1. The van der Waals surface area contributed by atoms with Gasteiger partial charge in [-0.2, -0.15) is 0 Å². The number of methoxy groups -OCH3 is 1. The molecule has 2 saturated heterocycles. The van der Waals surface area contributed by atoms with Crippen molar-refractivity contribution < 1.29 is 33.5 Å². The second-order valence-electron chi connectivity index (χ2n) is 7.88. The third kappa shape index (κ3) is 4.37. The first-order valence-electron chi connectivity index (χ1n) is 10.6. The van der Waals surface area contributed by atoms with E-state index in [9.17, 15) is 19.1 Å². The zero-order valence-corrected chi connectivity index (χ0v) is 17.8. The molecule has 0 spiro atoms. The number of hydrogen-bond acceptors (Lipinski definition) is 5. The van der Waals surface area contributed by atoms with Crippen molar-refractivity contribution in [2.45, 2.75) is 6.04 Å². The number of halogens is 1. The zero-order valence-electron chi connectivity index (χ0n) is 17.8. The highest BCUT2D eigenvalue weighted by atomic mass is 19.1. The number of ether oxygens (including phenoxy) is 2. The number of morpholine rings is 1. The van der Waals surface area contributed by atoms with Crippen LogP contribution in [0.1, 0.15) is 17.2 Å². The largest absolute Gasteiger partial charge is 0.507 e. The maximum absolute atomic E-state index is 13.4. The van der Waals surface area contributed by atoms with Gasteiger partial charge in [0.15, 0.2) is 0 Å². The molecule has 4 rings (SSSR count). The summed E-state index contributed by atoms with van der Waals surface area (Å²) in [5.41, 5.74) is 0.969. The van der Waals surface area contributed by atoms with Crippen LogP contribution < -0.4 is 9.64 Å². The average molecular weight is 441 g/mol. The first-order valence-corrected chi connectivity index (χ1v) is 10.6. The van der Waals surface area contributed by atoms with Gasteiger partial charge in [-0.25, -0.2) is 4.39 Å². The van der Waals surface area contributed by atoms with E-state index in [2.05, 4.69) is 0 Å². The predicted molar refractivity (Wildman–Crippen MR) is 115 cm³/mol. The summed E-state index contributed by atoms with van der Waals surface area (Å²) in [5.74, 6) is -1.53. The summed E-state index contributed by atoms with van der Waals surface area (Å²) < 4.78 is 24.0. The number of aliphatic hydroxyl groups is 1. The molecule has 168 valence electrons. The van der Waals surface area contributed by atoms with Crippen molar-refractivity contribution >= 4 is 17.4 Å². The molecule has 0 bridgehead atoms. The third-order valence-corrected chi connectivity index (χ3v) is 6.00. The number of aliphatic hydroxyl groups excluding tert-OH is 1. The average Bonchev–Trinajstić information content (AvgIpc) is 3.08. The molecule has 2 heterocycles. The summed E-state index contributed by atoms with van der Waals surface area (Å²) in [6.45, 7) is 4.04. The van der Waals surface area contributed by atoms with Gasteiger partial charge >= 0.3 is 0 Å². The Bertz CT molecular complexity index is 1010. The monoisotopic (exact) mass is 441 g/mol. The second-order valence-corrected chi connectivity index (χ2v) is 7.88. The highest BCUT2D eigenvalue weighted by Crippen LogP contribution is 2.39. The minimum Gasteiger partial charge on any atom is -0.507 e. The molecule has 7 nitrogen and oxygen atoms in total. The quantitative estimate of drug-likeness (QED) is 0.400. The van der Waals surface area contributed by atoms with Crippen LogP contribution in [-0.4, -0.2) is 68.2 Å². The molecule has 1 amide bonds. The Morgan fingerprint density at radius 2 is 1.78 bits per heavy atom. The zero-order chi connectivity index (χ0) is 22.7. The van der Waals surface area contributed by atoms with Gasteiger partial charge in [0, 0.05) is 5.56 Å². The Labute approximate surface area is 185 Å². The molecule has 2 N–H and O–H groups in total. The molecule has 0 radical (unpaired) electrons. The van der Waals surface area contributed by atoms with E-state index in [0.29, 0.717) is 37.6 Å².